The monoisotopic (exact) mass is 240 g/mol. The van der Waals surface area contributed by atoms with Crippen molar-refractivity contribution in [3.05, 3.63) is 34.7 Å². The summed E-state index contributed by atoms with van der Waals surface area (Å²) in [6.07, 6.45) is 3.03. The molecule has 0 saturated carbocycles. The third-order valence-electron chi connectivity index (χ3n) is 3.14. The van der Waals surface area contributed by atoms with E-state index in [-0.39, 0.29) is 5.56 Å². The minimum absolute atomic E-state index is 0.0793. The van der Waals surface area contributed by atoms with Crippen molar-refractivity contribution < 1.29 is 0 Å². The molecule has 0 amide bonds. The largest absolute Gasteiger partial charge is 0.314 e. The summed E-state index contributed by atoms with van der Waals surface area (Å²) in [7, 11) is 0. The van der Waals surface area contributed by atoms with Crippen molar-refractivity contribution in [2.45, 2.75) is 13.0 Å². The molecular weight excluding hydrogens is 224 g/mol. The Labute approximate surface area is 101 Å². The standard InChI is InChI=1S/C12H17ClN2O/c13-9-11-4-6-14(10-11)7-8-15-5-2-1-3-12(15)16/h1-3,5,11H,4,6-10H2. The van der Waals surface area contributed by atoms with Gasteiger partial charge in [-0.05, 0) is 24.9 Å². The lowest BCUT2D eigenvalue weighted by molar-refractivity contribution is 0.311. The summed E-state index contributed by atoms with van der Waals surface area (Å²) in [5.41, 5.74) is 0.0793. The van der Waals surface area contributed by atoms with Gasteiger partial charge in [-0.3, -0.25) is 4.79 Å². The lowest BCUT2D eigenvalue weighted by atomic mass is 10.2. The third-order valence-corrected chi connectivity index (χ3v) is 3.58. The van der Waals surface area contributed by atoms with Crippen LogP contribution in [0.3, 0.4) is 0 Å². The molecular formula is C12H17ClN2O. The fraction of sp³-hybridized carbons (Fsp3) is 0.583. The Balaban J connectivity index is 1.85. The highest BCUT2D eigenvalue weighted by Crippen LogP contribution is 2.16. The lowest BCUT2D eigenvalue weighted by Gasteiger charge is -2.15. The van der Waals surface area contributed by atoms with E-state index in [9.17, 15) is 4.79 Å². The number of rotatable bonds is 4. The van der Waals surface area contributed by atoms with Crippen molar-refractivity contribution in [2.24, 2.45) is 5.92 Å². The van der Waals surface area contributed by atoms with Crippen molar-refractivity contribution in [1.82, 2.24) is 9.47 Å². The smallest absolute Gasteiger partial charge is 0.250 e. The van der Waals surface area contributed by atoms with Gasteiger partial charge in [0.15, 0.2) is 0 Å². The van der Waals surface area contributed by atoms with E-state index >= 15 is 0 Å². The molecule has 1 atom stereocenters. The van der Waals surface area contributed by atoms with E-state index in [0.717, 1.165) is 32.1 Å². The van der Waals surface area contributed by atoms with Crippen LogP contribution in [-0.2, 0) is 6.54 Å². The SMILES string of the molecule is O=c1ccccn1CCN1CCC(CCl)C1. The Bertz CT molecular complexity index is 391. The van der Waals surface area contributed by atoms with Gasteiger partial charge in [0.2, 0.25) is 0 Å². The molecule has 1 unspecified atom stereocenters. The molecule has 0 aliphatic carbocycles. The first kappa shape index (κ1) is 11.7. The van der Waals surface area contributed by atoms with Crippen molar-refractivity contribution in [3.63, 3.8) is 0 Å². The maximum Gasteiger partial charge on any atom is 0.250 e. The summed E-state index contributed by atoms with van der Waals surface area (Å²) < 4.78 is 1.76. The van der Waals surface area contributed by atoms with Crippen LogP contribution in [0.4, 0.5) is 0 Å². The van der Waals surface area contributed by atoms with Crippen LogP contribution in [0.5, 0.6) is 0 Å². The van der Waals surface area contributed by atoms with Gasteiger partial charge in [-0.25, -0.2) is 0 Å². The van der Waals surface area contributed by atoms with Gasteiger partial charge < -0.3 is 9.47 Å². The number of hydrogen-bond acceptors (Lipinski definition) is 2. The van der Waals surface area contributed by atoms with E-state index < -0.39 is 0 Å². The highest BCUT2D eigenvalue weighted by Gasteiger charge is 2.20. The highest BCUT2D eigenvalue weighted by atomic mass is 35.5. The quantitative estimate of drug-likeness (QED) is 0.744. The second-order valence-electron chi connectivity index (χ2n) is 4.34. The Kier molecular flexibility index (Phi) is 4.02. The molecule has 1 saturated heterocycles. The second kappa shape index (κ2) is 5.51. The highest BCUT2D eigenvalue weighted by molar-refractivity contribution is 6.18. The van der Waals surface area contributed by atoms with Gasteiger partial charge in [-0.1, -0.05) is 6.07 Å². The average molecular weight is 241 g/mol. The zero-order chi connectivity index (χ0) is 11.4. The summed E-state index contributed by atoms with van der Waals surface area (Å²) in [6.45, 7) is 3.90. The number of pyridine rings is 1. The van der Waals surface area contributed by atoms with Crippen LogP contribution in [0, 0.1) is 5.92 Å². The van der Waals surface area contributed by atoms with Crippen LogP contribution < -0.4 is 5.56 Å². The predicted octanol–water partition coefficient (Wildman–Crippen LogP) is 1.41. The summed E-state index contributed by atoms with van der Waals surface area (Å²) in [5, 5.41) is 0. The Morgan fingerprint density at radius 3 is 2.94 bits per heavy atom. The van der Waals surface area contributed by atoms with Gasteiger partial charge in [0.05, 0.1) is 0 Å². The molecule has 2 heterocycles. The van der Waals surface area contributed by atoms with Crippen LogP contribution >= 0.6 is 11.6 Å². The number of halogens is 1. The number of likely N-dealkylation sites (tertiary alicyclic amines) is 1. The maximum absolute atomic E-state index is 11.5. The molecule has 2 rings (SSSR count). The molecule has 0 bridgehead atoms. The molecule has 0 N–H and O–H groups in total. The first-order valence-corrected chi connectivity index (χ1v) is 6.27. The van der Waals surface area contributed by atoms with Gasteiger partial charge in [0.25, 0.3) is 5.56 Å². The van der Waals surface area contributed by atoms with Crippen molar-refractivity contribution in [1.29, 1.82) is 0 Å². The van der Waals surface area contributed by atoms with Gasteiger partial charge in [0.1, 0.15) is 0 Å². The minimum atomic E-state index is 0.0793. The molecule has 3 nitrogen and oxygen atoms in total. The Morgan fingerprint density at radius 2 is 2.25 bits per heavy atom. The summed E-state index contributed by atoms with van der Waals surface area (Å²) in [5.74, 6) is 1.39. The molecule has 4 heteroatoms. The maximum atomic E-state index is 11.5. The molecule has 1 aliphatic rings. The molecule has 16 heavy (non-hydrogen) atoms. The zero-order valence-electron chi connectivity index (χ0n) is 9.31. The fourth-order valence-corrected chi connectivity index (χ4v) is 2.39. The van der Waals surface area contributed by atoms with Crippen molar-refractivity contribution >= 4 is 11.6 Å². The molecule has 1 aromatic rings. The molecule has 0 aromatic carbocycles. The van der Waals surface area contributed by atoms with Gasteiger partial charge in [-0.15, -0.1) is 11.6 Å². The zero-order valence-corrected chi connectivity index (χ0v) is 10.1. The molecule has 1 aromatic heterocycles. The molecule has 88 valence electrons. The number of aromatic nitrogens is 1. The van der Waals surface area contributed by atoms with Gasteiger partial charge in [-0.2, -0.15) is 0 Å². The van der Waals surface area contributed by atoms with Crippen LogP contribution in [0.2, 0.25) is 0 Å². The molecule has 0 radical (unpaired) electrons. The summed E-state index contributed by atoms with van der Waals surface area (Å²) >= 11 is 5.83. The summed E-state index contributed by atoms with van der Waals surface area (Å²) in [6, 6.07) is 5.27. The normalized spacial score (nSPS) is 21.4. The van der Waals surface area contributed by atoms with E-state index in [1.165, 1.54) is 6.42 Å². The number of nitrogens with zero attached hydrogens (tertiary/aromatic N) is 2. The molecule has 0 spiro atoms. The number of hydrogen-bond donors (Lipinski definition) is 0. The van der Waals surface area contributed by atoms with E-state index in [0.29, 0.717) is 5.92 Å². The van der Waals surface area contributed by atoms with Crippen LogP contribution in [0.25, 0.3) is 0 Å². The average Bonchev–Trinajstić information content (AvgIpc) is 2.76. The second-order valence-corrected chi connectivity index (χ2v) is 4.65. The van der Waals surface area contributed by atoms with E-state index in [4.69, 9.17) is 11.6 Å². The summed E-state index contributed by atoms with van der Waals surface area (Å²) in [4.78, 5) is 13.8. The van der Waals surface area contributed by atoms with E-state index in [2.05, 4.69) is 4.90 Å². The van der Waals surface area contributed by atoms with Crippen LogP contribution in [0.1, 0.15) is 6.42 Å². The first-order chi connectivity index (χ1) is 7.79. The molecule has 1 aliphatic heterocycles. The Hall–Kier alpha value is -0.800. The lowest BCUT2D eigenvalue weighted by Crippen LogP contribution is -2.29. The number of alkyl halides is 1. The Morgan fingerprint density at radius 1 is 1.38 bits per heavy atom. The predicted molar refractivity (Wildman–Crippen MR) is 66.0 cm³/mol. The first-order valence-electron chi connectivity index (χ1n) is 5.73. The van der Waals surface area contributed by atoms with Gasteiger partial charge >= 0.3 is 0 Å². The van der Waals surface area contributed by atoms with Gasteiger partial charge in [0, 0.05) is 37.8 Å². The topological polar surface area (TPSA) is 25.2 Å². The van der Waals surface area contributed by atoms with Crippen molar-refractivity contribution in [2.75, 3.05) is 25.5 Å². The third kappa shape index (κ3) is 2.86. The molecule has 1 fully saturated rings. The van der Waals surface area contributed by atoms with E-state index in [1.807, 2.05) is 12.3 Å². The minimum Gasteiger partial charge on any atom is -0.314 e. The van der Waals surface area contributed by atoms with Crippen LogP contribution in [0.15, 0.2) is 29.2 Å². The van der Waals surface area contributed by atoms with E-state index in [1.54, 1.807) is 16.7 Å². The fourth-order valence-electron chi connectivity index (χ4n) is 2.14. The van der Waals surface area contributed by atoms with Crippen LogP contribution in [-0.4, -0.2) is 35.0 Å². The van der Waals surface area contributed by atoms with Crippen molar-refractivity contribution in [3.8, 4) is 0 Å².